The largest absolute Gasteiger partial charge is 0.323 e. The fraction of sp³-hybridized carbons (Fsp3) is 0.308. The van der Waals surface area contributed by atoms with Crippen LogP contribution in [0.5, 0.6) is 0 Å². The van der Waals surface area contributed by atoms with Crippen molar-refractivity contribution < 1.29 is 0 Å². The molecule has 0 saturated heterocycles. The first-order chi connectivity index (χ1) is 8.16. The molecule has 2 aromatic rings. The van der Waals surface area contributed by atoms with E-state index in [1.807, 2.05) is 11.6 Å². The smallest absolute Gasteiger partial charge is 0.150 e. The predicted molar refractivity (Wildman–Crippen MR) is 75.5 cm³/mol. The van der Waals surface area contributed by atoms with Gasteiger partial charge in [-0.2, -0.15) is 0 Å². The Balaban J connectivity index is 2.04. The molecule has 90 valence electrons. The lowest BCUT2D eigenvalue weighted by atomic mass is 10.0. The quantitative estimate of drug-likeness (QED) is 0.857. The molecule has 2 unspecified atom stereocenters. The molecule has 0 fully saturated rings. The highest BCUT2D eigenvalue weighted by atomic mass is 32.2. The Kier molecular flexibility index (Phi) is 4.20. The van der Waals surface area contributed by atoms with Crippen LogP contribution in [0.15, 0.2) is 40.2 Å². The molecule has 2 atom stereocenters. The fourth-order valence-electron chi connectivity index (χ4n) is 1.56. The number of thioether (sulfide) groups is 1. The molecule has 2 rings (SSSR count). The summed E-state index contributed by atoms with van der Waals surface area (Å²) in [6.45, 7) is 4.24. The molecule has 0 amide bonds. The van der Waals surface area contributed by atoms with E-state index in [9.17, 15) is 0 Å². The second-order valence-corrected chi connectivity index (χ2v) is 6.58. The normalized spacial score (nSPS) is 14.5. The number of aryl methyl sites for hydroxylation is 1. The van der Waals surface area contributed by atoms with E-state index in [4.69, 9.17) is 5.73 Å². The van der Waals surface area contributed by atoms with Gasteiger partial charge < -0.3 is 5.73 Å². The van der Waals surface area contributed by atoms with E-state index in [0.717, 1.165) is 4.34 Å². The van der Waals surface area contributed by atoms with Crippen LogP contribution in [-0.2, 0) is 0 Å². The van der Waals surface area contributed by atoms with Gasteiger partial charge in [-0.05, 0) is 12.5 Å². The first-order valence-corrected chi connectivity index (χ1v) is 7.31. The van der Waals surface area contributed by atoms with E-state index in [0.29, 0.717) is 5.25 Å². The van der Waals surface area contributed by atoms with Gasteiger partial charge in [0.05, 0.1) is 0 Å². The lowest BCUT2D eigenvalue weighted by Gasteiger charge is -2.18. The molecule has 0 spiro atoms. The highest BCUT2D eigenvalue weighted by Crippen LogP contribution is 2.31. The zero-order valence-electron chi connectivity index (χ0n) is 9.96. The first kappa shape index (κ1) is 12.6. The molecule has 1 heterocycles. The number of nitrogens with two attached hydrogens (primary N) is 1. The van der Waals surface area contributed by atoms with Crippen LogP contribution in [-0.4, -0.2) is 10.2 Å². The van der Waals surface area contributed by atoms with Crippen LogP contribution in [0.1, 0.15) is 24.1 Å². The third kappa shape index (κ3) is 3.31. The molecule has 4 heteroatoms. The molecular formula is C13H16N2S2. The van der Waals surface area contributed by atoms with Crippen LogP contribution in [0.2, 0.25) is 0 Å². The summed E-state index contributed by atoms with van der Waals surface area (Å²) in [6.07, 6.45) is 1.83. The number of rotatable bonds is 4. The summed E-state index contributed by atoms with van der Waals surface area (Å²) in [6, 6.07) is 8.48. The van der Waals surface area contributed by atoms with E-state index in [1.54, 1.807) is 23.1 Å². The number of nitrogens with zero attached hydrogens (tertiary/aromatic N) is 1. The van der Waals surface area contributed by atoms with Crippen molar-refractivity contribution in [1.82, 2.24) is 4.98 Å². The van der Waals surface area contributed by atoms with Crippen molar-refractivity contribution in [3.8, 4) is 0 Å². The van der Waals surface area contributed by atoms with Gasteiger partial charge in [0.1, 0.15) is 4.34 Å². The Morgan fingerprint density at radius 2 is 2.00 bits per heavy atom. The number of thiazole rings is 1. The SMILES string of the molecule is Cc1ccc(C(N)C(C)Sc2nccs2)cc1. The average molecular weight is 264 g/mol. The number of hydrogen-bond acceptors (Lipinski definition) is 4. The van der Waals surface area contributed by atoms with Crippen LogP contribution in [0.25, 0.3) is 0 Å². The molecular weight excluding hydrogens is 248 g/mol. The predicted octanol–water partition coefficient (Wildman–Crippen LogP) is 3.63. The lowest BCUT2D eigenvalue weighted by molar-refractivity contribution is 0.714. The standard InChI is InChI=1S/C13H16N2S2/c1-9-3-5-11(6-4-9)12(14)10(2)17-13-15-7-8-16-13/h3-8,10,12H,14H2,1-2H3. The molecule has 0 aliphatic heterocycles. The number of aromatic nitrogens is 1. The van der Waals surface area contributed by atoms with Crippen molar-refractivity contribution >= 4 is 23.1 Å². The molecule has 0 aliphatic rings. The third-order valence-corrected chi connectivity index (χ3v) is 4.78. The fourth-order valence-corrected chi connectivity index (χ4v) is 3.51. The van der Waals surface area contributed by atoms with E-state index in [-0.39, 0.29) is 6.04 Å². The maximum Gasteiger partial charge on any atom is 0.150 e. The second kappa shape index (κ2) is 5.67. The van der Waals surface area contributed by atoms with Crippen molar-refractivity contribution in [3.63, 3.8) is 0 Å². The van der Waals surface area contributed by atoms with Crippen molar-refractivity contribution in [2.45, 2.75) is 29.5 Å². The van der Waals surface area contributed by atoms with Crippen LogP contribution < -0.4 is 5.73 Å². The van der Waals surface area contributed by atoms with Crippen molar-refractivity contribution in [3.05, 3.63) is 47.0 Å². The van der Waals surface area contributed by atoms with Crippen molar-refractivity contribution in [1.29, 1.82) is 0 Å². The van der Waals surface area contributed by atoms with Gasteiger partial charge in [-0.15, -0.1) is 11.3 Å². The average Bonchev–Trinajstić information content (AvgIpc) is 2.82. The zero-order valence-corrected chi connectivity index (χ0v) is 11.6. The van der Waals surface area contributed by atoms with Crippen molar-refractivity contribution in [2.75, 3.05) is 0 Å². The summed E-state index contributed by atoms with van der Waals surface area (Å²) < 4.78 is 1.08. The Hall–Kier alpha value is -0.840. The summed E-state index contributed by atoms with van der Waals surface area (Å²) in [4.78, 5) is 4.27. The van der Waals surface area contributed by atoms with Gasteiger partial charge in [0.15, 0.2) is 0 Å². The summed E-state index contributed by atoms with van der Waals surface area (Å²) in [5, 5.41) is 2.32. The zero-order chi connectivity index (χ0) is 12.3. The van der Waals surface area contributed by atoms with E-state index in [2.05, 4.69) is 43.1 Å². The van der Waals surface area contributed by atoms with E-state index in [1.165, 1.54) is 11.1 Å². The Labute approximate surface area is 110 Å². The number of benzene rings is 1. The molecule has 17 heavy (non-hydrogen) atoms. The highest BCUT2D eigenvalue weighted by molar-refractivity contribution is 8.01. The Bertz CT molecular complexity index is 451. The van der Waals surface area contributed by atoms with Gasteiger partial charge in [0.2, 0.25) is 0 Å². The molecule has 0 radical (unpaired) electrons. The highest BCUT2D eigenvalue weighted by Gasteiger charge is 2.16. The molecule has 0 saturated carbocycles. The van der Waals surface area contributed by atoms with Crippen LogP contribution in [0.4, 0.5) is 0 Å². The molecule has 0 aliphatic carbocycles. The second-order valence-electron chi connectivity index (χ2n) is 4.06. The monoisotopic (exact) mass is 264 g/mol. The van der Waals surface area contributed by atoms with Gasteiger partial charge in [-0.1, -0.05) is 48.5 Å². The molecule has 2 nitrogen and oxygen atoms in total. The van der Waals surface area contributed by atoms with Gasteiger partial charge in [-0.25, -0.2) is 4.98 Å². The maximum atomic E-state index is 6.26. The Morgan fingerprint density at radius 1 is 1.29 bits per heavy atom. The summed E-state index contributed by atoms with van der Waals surface area (Å²) >= 11 is 3.40. The summed E-state index contributed by atoms with van der Waals surface area (Å²) in [5.41, 5.74) is 8.71. The molecule has 2 N–H and O–H groups in total. The van der Waals surface area contributed by atoms with Gasteiger partial charge in [-0.3, -0.25) is 0 Å². The molecule has 1 aromatic heterocycles. The van der Waals surface area contributed by atoms with Crippen LogP contribution >= 0.6 is 23.1 Å². The minimum atomic E-state index is 0.0458. The summed E-state index contributed by atoms with van der Waals surface area (Å²) in [7, 11) is 0. The van der Waals surface area contributed by atoms with E-state index >= 15 is 0 Å². The summed E-state index contributed by atoms with van der Waals surface area (Å²) in [5.74, 6) is 0. The minimum Gasteiger partial charge on any atom is -0.323 e. The van der Waals surface area contributed by atoms with Gasteiger partial charge in [0, 0.05) is 22.9 Å². The lowest BCUT2D eigenvalue weighted by Crippen LogP contribution is -2.20. The Morgan fingerprint density at radius 3 is 2.59 bits per heavy atom. The molecule has 0 bridgehead atoms. The van der Waals surface area contributed by atoms with Crippen LogP contribution in [0.3, 0.4) is 0 Å². The van der Waals surface area contributed by atoms with Crippen LogP contribution in [0, 0.1) is 6.92 Å². The van der Waals surface area contributed by atoms with Crippen molar-refractivity contribution in [2.24, 2.45) is 5.73 Å². The first-order valence-electron chi connectivity index (χ1n) is 5.55. The number of hydrogen-bond donors (Lipinski definition) is 1. The minimum absolute atomic E-state index is 0.0458. The topological polar surface area (TPSA) is 38.9 Å². The van der Waals surface area contributed by atoms with E-state index < -0.39 is 0 Å². The maximum absolute atomic E-state index is 6.26. The third-order valence-electron chi connectivity index (χ3n) is 2.66. The van der Waals surface area contributed by atoms with Gasteiger partial charge >= 0.3 is 0 Å². The molecule has 1 aromatic carbocycles. The van der Waals surface area contributed by atoms with Gasteiger partial charge in [0.25, 0.3) is 0 Å².